The molecule has 0 amide bonds. The lowest BCUT2D eigenvalue weighted by molar-refractivity contribution is 0.463. The molecule has 0 unspecified atom stereocenters. The Morgan fingerprint density at radius 1 is 1.00 bits per heavy atom. The van der Waals surface area contributed by atoms with Crippen molar-refractivity contribution in [1.82, 2.24) is 0 Å². The van der Waals surface area contributed by atoms with Gasteiger partial charge in [-0.3, -0.25) is 0 Å². The van der Waals surface area contributed by atoms with Gasteiger partial charge in [-0.2, -0.15) is 16.8 Å². The quantitative estimate of drug-likeness (QED) is 0.676. The average molecular weight is 252 g/mol. The van der Waals surface area contributed by atoms with E-state index in [9.17, 15) is 16.8 Å². The molecule has 0 saturated heterocycles. The largest absolute Gasteiger partial charge is 0.399 e. The molecule has 1 aromatic carbocycles. The van der Waals surface area contributed by atoms with Crippen LogP contribution in [0.25, 0.3) is 0 Å². The van der Waals surface area contributed by atoms with Crippen molar-refractivity contribution < 1.29 is 20.5 Å². The van der Waals surface area contributed by atoms with Crippen LogP contribution in [-0.2, 0) is 24.1 Å². The molecule has 0 aliphatic rings. The topological polar surface area (TPSA) is 130 Å². The Kier molecular flexibility index (Phi) is 3.00. The zero-order chi connectivity index (χ0) is 11.7. The predicted octanol–water partition coefficient (Wildman–Crippen LogP) is -0.822. The van der Waals surface area contributed by atoms with E-state index in [1.165, 1.54) is 12.1 Å². The minimum Gasteiger partial charge on any atom is -0.399 e. The second-order valence-corrected chi connectivity index (χ2v) is 5.49. The van der Waals surface area contributed by atoms with Gasteiger partial charge in [0.2, 0.25) is 0 Å². The summed E-state index contributed by atoms with van der Waals surface area (Å²) in [6, 6.07) is 4.80. The van der Waals surface area contributed by atoms with Crippen molar-refractivity contribution in [3.8, 4) is 0 Å². The molecule has 0 bridgehead atoms. The summed E-state index contributed by atoms with van der Waals surface area (Å²) in [6.07, 6.45) is 0. The Bertz CT molecular complexity index is 546. The molecule has 0 aliphatic heterocycles. The number of hydrogen-bond donors (Lipinski definition) is 2. The van der Waals surface area contributed by atoms with Gasteiger partial charge < -0.3 is 5.73 Å². The molecular formula is C6H8N2O5S2. The molecule has 1 aromatic rings. The van der Waals surface area contributed by atoms with Gasteiger partial charge in [0.05, 0.1) is 4.90 Å². The molecule has 0 spiro atoms. The summed E-state index contributed by atoms with van der Waals surface area (Å²) < 4.78 is 47.1. The van der Waals surface area contributed by atoms with E-state index in [2.05, 4.69) is 8.77 Å². The van der Waals surface area contributed by atoms with Crippen LogP contribution in [0.4, 0.5) is 5.69 Å². The fraction of sp³-hybridized carbons (Fsp3) is 0. The summed E-state index contributed by atoms with van der Waals surface area (Å²) in [5.74, 6) is 0. The minimum absolute atomic E-state index is 0.338. The lowest BCUT2D eigenvalue weighted by Gasteiger charge is -2.02. The van der Waals surface area contributed by atoms with E-state index < -0.39 is 20.4 Å². The van der Waals surface area contributed by atoms with Crippen LogP contribution < -0.4 is 10.9 Å². The fourth-order valence-electron chi connectivity index (χ4n) is 0.799. The number of anilines is 1. The second-order valence-electron chi connectivity index (χ2n) is 2.58. The Labute approximate surface area is 87.0 Å². The summed E-state index contributed by atoms with van der Waals surface area (Å²) in [4.78, 5) is -0.342. The third-order valence-corrected chi connectivity index (χ3v) is 3.68. The number of nitrogens with two attached hydrogens (primary N) is 2. The van der Waals surface area contributed by atoms with E-state index >= 15 is 0 Å². The molecule has 0 atom stereocenters. The lowest BCUT2D eigenvalue weighted by Crippen LogP contribution is -2.20. The van der Waals surface area contributed by atoms with Crippen LogP contribution in [0.2, 0.25) is 0 Å². The van der Waals surface area contributed by atoms with Crippen LogP contribution in [-0.4, -0.2) is 16.8 Å². The highest BCUT2D eigenvalue weighted by atomic mass is 32.3. The van der Waals surface area contributed by atoms with Gasteiger partial charge in [0.25, 0.3) is 0 Å². The molecule has 1 rings (SSSR count). The summed E-state index contributed by atoms with van der Waals surface area (Å²) in [6.45, 7) is 0. The second kappa shape index (κ2) is 3.77. The molecule has 0 saturated carbocycles. The lowest BCUT2D eigenvalue weighted by atomic mass is 10.3. The highest BCUT2D eigenvalue weighted by Crippen LogP contribution is 2.15. The van der Waals surface area contributed by atoms with Crippen LogP contribution in [0.1, 0.15) is 0 Å². The summed E-state index contributed by atoms with van der Waals surface area (Å²) in [7, 11) is -8.96. The molecule has 0 aromatic heterocycles. The molecule has 15 heavy (non-hydrogen) atoms. The number of hydrogen-bond acceptors (Lipinski definition) is 6. The maximum absolute atomic E-state index is 11.2. The smallest absolute Gasteiger partial charge is 0.348 e. The van der Waals surface area contributed by atoms with Crippen molar-refractivity contribution >= 4 is 26.1 Å². The number of rotatable bonds is 3. The molecule has 0 radical (unpaired) electrons. The number of benzene rings is 1. The van der Waals surface area contributed by atoms with Crippen LogP contribution >= 0.6 is 0 Å². The van der Waals surface area contributed by atoms with Crippen molar-refractivity contribution in [2.24, 2.45) is 5.14 Å². The first-order chi connectivity index (χ1) is 6.71. The maximum Gasteiger partial charge on any atom is 0.348 e. The van der Waals surface area contributed by atoms with Gasteiger partial charge in [0.15, 0.2) is 0 Å². The summed E-state index contributed by atoms with van der Waals surface area (Å²) in [5, 5.41) is 4.43. The van der Waals surface area contributed by atoms with Crippen LogP contribution in [0, 0.1) is 0 Å². The highest BCUT2D eigenvalue weighted by molar-refractivity contribution is 7.98. The van der Waals surface area contributed by atoms with Crippen molar-refractivity contribution in [2.75, 3.05) is 5.73 Å². The van der Waals surface area contributed by atoms with Crippen molar-refractivity contribution in [3.05, 3.63) is 24.3 Å². The zero-order valence-corrected chi connectivity index (χ0v) is 8.95. The number of nitrogen functional groups attached to an aromatic ring is 1. The SMILES string of the molecule is Nc1ccc(S(=O)(=O)OS(N)(=O)=O)cc1. The maximum atomic E-state index is 11.2. The third kappa shape index (κ3) is 3.47. The van der Waals surface area contributed by atoms with Crippen LogP contribution in [0.5, 0.6) is 0 Å². The van der Waals surface area contributed by atoms with Gasteiger partial charge in [-0.05, 0) is 24.3 Å². The molecular weight excluding hydrogens is 244 g/mol. The standard InChI is InChI=1S/C6H8N2O5S2/c7-5-1-3-6(4-2-5)14(9,10)13-15(8,11)12/h1-4H,7H2,(H2,8,11,12). The van der Waals surface area contributed by atoms with Crippen molar-refractivity contribution in [1.29, 1.82) is 0 Å². The summed E-state index contributed by atoms with van der Waals surface area (Å²) in [5.41, 5.74) is 5.66. The van der Waals surface area contributed by atoms with Gasteiger partial charge in [-0.15, -0.1) is 3.63 Å². The highest BCUT2D eigenvalue weighted by Gasteiger charge is 2.21. The Morgan fingerprint density at radius 3 is 1.87 bits per heavy atom. The Balaban J connectivity index is 3.13. The molecule has 0 fully saturated rings. The van der Waals surface area contributed by atoms with Gasteiger partial charge in [0, 0.05) is 5.69 Å². The van der Waals surface area contributed by atoms with E-state index in [0.29, 0.717) is 5.69 Å². The minimum atomic E-state index is -4.56. The zero-order valence-electron chi connectivity index (χ0n) is 7.32. The van der Waals surface area contributed by atoms with Crippen molar-refractivity contribution in [2.45, 2.75) is 4.90 Å². The van der Waals surface area contributed by atoms with Crippen LogP contribution in [0.3, 0.4) is 0 Å². The van der Waals surface area contributed by atoms with E-state index in [4.69, 9.17) is 5.73 Å². The fourth-order valence-corrected chi connectivity index (χ4v) is 2.58. The van der Waals surface area contributed by atoms with E-state index in [1.54, 1.807) is 0 Å². The van der Waals surface area contributed by atoms with Crippen LogP contribution in [0.15, 0.2) is 29.2 Å². The first kappa shape index (κ1) is 11.9. The first-order valence-electron chi connectivity index (χ1n) is 3.55. The average Bonchev–Trinajstić information content (AvgIpc) is 2.00. The first-order valence-corrected chi connectivity index (χ1v) is 6.43. The van der Waals surface area contributed by atoms with Gasteiger partial charge in [-0.1, -0.05) is 0 Å². The van der Waals surface area contributed by atoms with Crippen molar-refractivity contribution in [3.63, 3.8) is 0 Å². The monoisotopic (exact) mass is 252 g/mol. The van der Waals surface area contributed by atoms with E-state index in [-0.39, 0.29) is 4.90 Å². The molecule has 0 aliphatic carbocycles. The molecule has 0 heterocycles. The molecule has 4 N–H and O–H groups in total. The van der Waals surface area contributed by atoms with Gasteiger partial charge >= 0.3 is 20.4 Å². The molecule has 84 valence electrons. The molecule has 7 nitrogen and oxygen atoms in total. The Hall–Kier alpha value is -1.16. The summed E-state index contributed by atoms with van der Waals surface area (Å²) >= 11 is 0. The van der Waals surface area contributed by atoms with Gasteiger partial charge in [0.1, 0.15) is 0 Å². The van der Waals surface area contributed by atoms with E-state index in [1.807, 2.05) is 0 Å². The van der Waals surface area contributed by atoms with Gasteiger partial charge in [-0.25, -0.2) is 5.14 Å². The Morgan fingerprint density at radius 2 is 1.47 bits per heavy atom. The normalized spacial score (nSPS) is 12.6. The third-order valence-electron chi connectivity index (χ3n) is 1.35. The van der Waals surface area contributed by atoms with E-state index in [0.717, 1.165) is 12.1 Å². The predicted molar refractivity (Wildman–Crippen MR) is 52.2 cm³/mol. The molecule has 9 heteroatoms.